The van der Waals surface area contributed by atoms with Crippen molar-refractivity contribution in [2.24, 2.45) is 5.92 Å². The van der Waals surface area contributed by atoms with E-state index in [1.165, 1.54) is 12.2 Å². The minimum atomic E-state index is -4.52. The van der Waals surface area contributed by atoms with Crippen LogP contribution in [0.5, 0.6) is 0 Å². The molecule has 1 N–H and O–H groups in total. The molecule has 12 heavy (non-hydrogen) atoms. The van der Waals surface area contributed by atoms with Gasteiger partial charge in [-0.3, -0.25) is 0 Å². The highest BCUT2D eigenvalue weighted by Crippen LogP contribution is 2.40. The van der Waals surface area contributed by atoms with Crippen LogP contribution >= 0.6 is 11.6 Å². The van der Waals surface area contributed by atoms with E-state index in [9.17, 15) is 13.2 Å². The van der Waals surface area contributed by atoms with Gasteiger partial charge in [0.2, 0.25) is 0 Å². The molecule has 2 atom stereocenters. The standard InChI is InChI=1S/C7H6ClF3O/c8-6(12)4-2-1-3-5(6)7(9,10)11/h1-5,12H/t5-,6+/m1/s1. The molecule has 0 aromatic heterocycles. The Morgan fingerprint density at radius 3 is 2.25 bits per heavy atom. The lowest BCUT2D eigenvalue weighted by molar-refractivity contribution is -0.185. The molecule has 1 aliphatic rings. The summed E-state index contributed by atoms with van der Waals surface area (Å²) in [5.74, 6) is -2.03. The first-order chi connectivity index (χ1) is 5.34. The lowest BCUT2D eigenvalue weighted by Crippen LogP contribution is -2.39. The first kappa shape index (κ1) is 9.61. The van der Waals surface area contributed by atoms with Crippen molar-refractivity contribution in [2.45, 2.75) is 11.2 Å². The maximum atomic E-state index is 12.1. The average Bonchev–Trinajstić information content (AvgIpc) is 1.83. The lowest BCUT2D eigenvalue weighted by atomic mass is 9.96. The van der Waals surface area contributed by atoms with Crippen LogP contribution in [0, 0.1) is 5.92 Å². The lowest BCUT2D eigenvalue weighted by Gasteiger charge is -2.28. The molecule has 0 heterocycles. The summed E-state index contributed by atoms with van der Waals surface area (Å²) in [6.45, 7) is 0. The van der Waals surface area contributed by atoms with Gasteiger partial charge in [-0.25, -0.2) is 0 Å². The summed E-state index contributed by atoms with van der Waals surface area (Å²) in [6.07, 6.45) is -0.304. The highest BCUT2D eigenvalue weighted by Gasteiger charge is 2.50. The third-order valence-corrected chi connectivity index (χ3v) is 1.89. The Kier molecular flexibility index (Phi) is 2.23. The molecule has 1 rings (SSSR count). The van der Waals surface area contributed by atoms with Gasteiger partial charge in [0.1, 0.15) is 5.92 Å². The summed E-state index contributed by atoms with van der Waals surface area (Å²) in [4.78, 5) is 0. The molecule has 0 aromatic rings. The van der Waals surface area contributed by atoms with E-state index in [-0.39, 0.29) is 0 Å². The largest absolute Gasteiger partial charge is 0.399 e. The second kappa shape index (κ2) is 2.78. The van der Waals surface area contributed by atoms with Crippen LogP contribution in [0.25, 0.3) is 0 Å². The van der Waals surface area contributed by atoms with Gasteiger partial charge in [0.05, 0.1) is 0 Å². The Balaban J connectivity index is 2.92. The molecule has 0 aliphatic heterocycles. The molecule has 0 saturated carbocycles. The summed E-state index contributed by atoms with van der Waals surface area (Å²) in [5.41, 5.74) is 0. The molecule has 5 heteroatoms. The van der Waals surface area contributed by atoms with Crippen LogP contribution in [-0.2, 0) is 0 Å². The topological polar surface area (TPSA) is 20.2 Å². The molecule has 0 bridgehead atoms. The smallest absolute Gasteiger partial charge is 0.370 e. The normalized spacial score (nSPS) is 35.6. The number of hydrogen-bond acceptors (Lipinski definition) is 1. The van der Waals surface area contributed by atoms with Crippen LogP contribution in [0.2, 0.25) is 0 Å². The Labute approximate surface area is 72.1 Å². The van der Waals surface area contributed by atoms with Crippen molar-refractivity contribution in [3.63, 3.8) is 0 Å². The van der Waals surface area contributed by atoms with E-state index in [4.69, 9.17) is 16.7 Å². The predicted octanol–water partition coefficient (Wildman–Crippen LogP) is 2.22. The van der Waals surface area contributed by atoms with Gasteiger partial charge >= 0.3 is 6.18 Å². The average molecular weight is 199 g/mol. The van der Waals surface area contributed by atoms with Crippen LogP contribution < -0.4 is 0 Å². The van der Waals surface area contributed by atoms with Crippen LogP contribution in [0.1, 0.15) is 0 Å². The Morgan fingerprint density at radius 2 is 1.92 bits per heavy atom. The van der Waals surface area contributed by atoms with Gasteiger partial charge < -0.3 is 5.11 Å². The first-order valence-corrected chi connectivity index (χ1v) is 3.56. The SMILES string of the molecule is O[C@@]1(Cl)C=CC=C[C@H]1C(F)(F)F. The van der Waals surface area contributed by atoms with Crippen molar-refractivity contribution in [3.8, 4) is 0 Å². The van der Waals surface area contributed by atoms with Crippen molar-refractivity contribution < 1.29 is 18.3 Å². The van der Waals surface area contributed by atoms with E-state index in [0.29, 0.717) is 0 Å². The number of allylic oxidation sites excluding steroid dienone is 2. The number of halogens is 4. The number of alkyl halides is 4. The molecule has 68 valence electrons. The van der Waals surface area contributed by atoms with Gasteiger partial charge in [0.25, 0.3) is 0 Å². The summed E-state index contributed by atoms with van der Waals surface area (Å²) < 4.78 is 36.3. The molecule has 0 aromatic carbocycles. The van der Waals surface area contributed by atoms with Gasteiger partial charge in [-0.15, -0.1) is 0 Å². The minimum Gasteiger partial charge on any atom is -0.370 e. The van der Waals surface area contributed by atoms with E-state index in [1.54, 1.807) is 0 Å². The summed E-state index contributed by atoms with van der Waals surface area (Å²) >= 11 is 5.22. The van der Waals surface area contributed by atoms with Crippen LogP contribution in [0.15, 0.2) is 24.3 Å². The second-order valence-electron chi connectivity index (χ2n) is 2.49. The zero-order valence-corrected chi connectivity index (χ0v) is 6.60. The predicted molar refractivity (Wildman–Crippen MR) is 38.6 cm³/mol. The Bertz CT molecular complexity index is 229. The summed E-state index contributed by atoms with van der Waals surface area (Å²) in [6, 6.07) is 0. The fourth-order valence-corrected chi connectivity index (χ4v) is 1.21. The van der Waals surface area contributed by atoms with Crippen molar-refractivity contribution in [1.82, 2.24) is 0 Å². The zero-order chi connectivity index (χ0) is 9.41. The van der Waals surface area contributed by atoms with Crippen molar-refractivity contribution in [2.75, 3.05) is 0 Å². The van der Waals surface area contributed by atoms with E-state index in [1.807, 2.05) is 0 Å². The summed E-state index contributed by atoms with van der Waals surface area (Å²) in [7, 11) is 0. The van der Waals surface area contributed by atoms with Crippen LogP contribution in [-0.4, -0.2) is 16.3 Å². The number of hydrogen-bond donors (Lipinski definition) is 1. The number of rotatable bonds is 0. The zero-order valence-electron chi connectivity index (χ0n) is 5.85. The van der Waals surface area contributed by atoms with Crippen molar-refractivity contribution in [3.05, 3.63) is 24.3 Å². The van der Waals surface area contributed by atoms with E-state index in [2.05, 4.69) is 0 Å². The van der Waals surface area contributed by atoms with Gasteiger partial charge in [0, 0.05) is 0 Å². The molecular formula is C7H6ClF3O. The van der Waals surface area contributed by atoms with Gasteiger partial charge in [-0.2, -0.15) is 13.2 Å². The maximum Gasteiger partial charge on any atom is 0.399 e. The molecule has 0 radical (unpaired) electrons. The van der Waals surface area contributed by atoms with Gasteiger partial charge in [-0.1, -0.05) is 29.8 Å². The monoisotopic (exact) mass is 198 g/mol. The third kappa shape index (κ3) is 1.81. The third-order valence-electron chi connectivity index (χ3n) is 1.53. The fraction of sp³-hybridized carbons (Fsp3) is 0.429. The molecule has 1 aliphatic carbocycles. The molecular weight excluding hydrogens is 193 g/mol. The first-order valence-electron chi connectivity index (χ1n) is 3.18. The highest BCUT2D eigenvalue weighted by molar-refractivity contribution is 6.24. The van der Waals surface area contributed by atoms with Gasteiger partial charge in [-0.05, 0) is 6.08 Å². The molecule has 1 nitrogen and oxygen atoms in total. The molecule has 0 amide bonds. The summed E-state index contributed by atoms with van der Waals surface area (Å²) in [5, 5.41) is 6.74. The van der Waals surface area contributed by atoms with Crippen LogP contribution in [0.3, 0.4) is 0 Å². The number of aliphatic hydroxyl groups is 1. The molecule has 0 fully saturated rings. The molecule has 0 saturated heterocycles. The minimum absolute atomic E-state index is 0.826. The van der Waals surface area contributed by atoms with Crippen molar-refractivity contribution in [1.29, 1.82) is 0 Å². The van der Waals surface area contributed by atoms with E-state index in [0.717, 1.165) is 12.2 Å². The highest BCUT2D eigenvalue weighted by atomic mass is 35.5. The quantitative estimate of drug-likeness (QED) is 0.592. The fourth-order valence-electron chi connectivity index (χ4n) is 0.943. The Hall–Kier alpha value is -0.480. The van der Waals surface area contributed by atoms with E-state index >= 15 is 0 Å². The van der Waals surface area contributed by atoms with E-state index < -0.39 is 17.2 Å². The van der Waals surface area contributed by atoms with Crippen LogP contribution in [0.4, 0.5) is 13.2 Å². The molecule has 0 spiro atoms. The maximum absolute atomic E-state index is 12.1. The van der Waals surface area contributed by atoms with Crippen molar-refractivity contribution >= 4 is 11.6 Å². The second-order valence-corrected chi connectivity index (χ2v) is 3.10. The van der Waals surface area contributed by atoms with Gasteiger partial charge in [0.15, 0.2) is 5.06 Å². The Morgan fingerprint density at radius 1 is 1.33 bits per heavy atom. The molecule has 0 unspecified atom stereocenters.